The number of thiazole rings is 1. The first-order valence-corrected chi connectivity index (χ1v) is 6.83. The quantitative estimate of drug-likeness (QED) is 0.792. The molecule has 0 N–H and O–H groups in total. The summed E-state index contributed by atoms with van der Waals surface area (Å²) in [5, 5.41) is 10.3. The normalized spacial score (nSPS) is 10.8. The second-order valence-corrected chi connectivity index (χ2v) is 5.36. The van der Waals surface area contributed by atoms with Crippen LogP contribution >= 0.6 is 34.3 Å². The average molecular weight is 260 g/mol. The Morgan fingerprint density at radius 2 is 2.27 bits per heavy atom. The van der Waals surface area contributed by atoms with Gasteiger partial charge in [-0.1, -0.05) is 11.3 Å². The van der Waals surface area contributed by atoms with Crippen molar-refractivity contribution in [2.24, 2.45) is 0 Å². The van der Waals surface area contributed by atoms with Gasteiger partial charge in [0.05, 0.1) is 16.1 Å². The van der Waals surface area contributed by atoms with Crippen molar-refractivity contribution in [2.75, 3.05) is 5.88 Å². The van der Waals surface area contributed by atoms with E-state index in [1.54, 1.807) is 22.7 Å². The molecule has 2 aromatic heterocycles. The Balaban J connectivity index is 2.17. The van der Waals surface area contributed by atoms with Crippen molar-refractivity contribution in [3.05, 3.63) is 16.2 Å². The lowest BCUT2D eigenvalue weighted by molar-refractivity contribution is 0.884. The molecule has 0 aliphatic carbocycles. The predicted octanol–water partition coefficient (Wildman–Crippen LogP) is 3.14. The molecule has 0 atom stereocenters. The van der Waals surface area contributed by atoms with Gasteiger partial charge in [0.15, 0.2) is 5.01 Å². The van der Waals surface area contributed by atoms with Gasteiger partial charge in [0.1, 0.15) is 5.01 Å². The monoisotopic (exact) mass is 259 g/mol. The van der Waals surface area contributed by atoms with Gasteiger partial charge in [0.25, 0.3) is 0 Å². The largest absolute Gasteiger partial charge is 0.249 e. The van der Waals surface area contributed by atoms with Crippen LogP contribution < -0.4 is 0 Å². The Morgan fingerprint density at radius 1 is 1.40 bits per heavy atom. The first kappa shape index (κ1) is 11.0. The fourth-order valence-electron chi connectivity index (χ4n) is 1.17. The molecular weight excluding hydrogens is 250 g/mol. The van der Waals surface area contributed by atoms with Crippen LogP contribution in [0.25, 0.3) is 9.88 Å². The molecule has 2 aromatic rings. The molecule has 0 saturated heterocycles. The second-order valence-electron chi connectivity index (χ2n) is 3.06. The zero-order valence-corrected chi connectivity index (χ0v) is 10.6. The molecule has 80 valence electrons. The highest BCUT2D eigenvalue weighted by Crippen LogP contribution is 2.29. The first-order chi connectivity index (χ1) is 7.31. The van der Waals surface area contributed by atoms with Crippen molar-refractivity contribution >= 4 is 34.3 Å². The van der Waals surface area contributed by atoms with E-state index in [1.807, 2.05) is 12.4 Å². The molecule has 0 saturated carbocycles. The molecule has 0 amide bonds. The van der Waals surface area contributed by atoms with Gasteiger partial charge in [-0.3, -0.25) is 0 Å². The van der Waals surface area contributed by atoms with E-state index < -0.39 is 0 Å². The zero-order valence-electron chi connectivity index (χ0n) is 8.23. The second kappa shape index (κ2) is 5.01. The summed E-state index contributed by atoms with van der Waals surface area (Å²) in [6, 6.07) is 0. The summed E-state index contributed by atoms with van der Waals surface area (Å²) in [4.78, 5) is 5.33. The highest BCUT2D eigenvalue weighted by molar-refractivity contribution is 7.20. The molecule has 2 rings (SSSR count). The van der Waals surface area contributed by atoms with E-state index in [9.17, 15) is 0 Å². The first-order valence-electron chi connectivity index (χ1n) is 4.60. The molecule has 0 bridgehead atoms. The van der Waals surface area contributed by atoms with Crippen molar-refractivity contribution in [3.63, 3.8) is 0 Å². The lowest BCUT2D eigenvalue weighted by Crippen LogP contribution is -1.84. The van der Waals surface area contributed by atoms with Gasteiger partial charge in [0, 0.05) is 12.3 Å². The Bertz CT molecular complexity index is 438. The fourth-order valence-corrected chi connectivity index (χ4v) is 3.13. The maximum Gasteiger partial charge on any atom is 0.159 e. The molecule has 6 heteroatoms. The van der Waals surface area contributed by atoms with Crippen LogP contribution in [0.5, 0.6) is 0 Å². The minimum absolute atomic E-state index is 0.675. The molecule has 0 radical (unpaired) electrons. The Morgan fingerprint density at radius 3 is 2.93 bits per heavy atom. The van der Waals surface area contributed by atoms with E-state index in [0.29, 0.717) is 5.88 Å². The summed E-state index contributed by atoms with van der Waals surface area (Å²) in [5.41, 5.74) is 2.87. The summed E-state index contributed by atoms with van der Waals surface area (Å²) in [6.45, 7) is 1.99. The zero-order chi connectivity index (χ0) is 10.7. The Kier molecular flexibility index (Phi) is 3.66. The summed E-state index contributed by atoms with van der Waals surface area (Å²) in [6.07, 6.45) is 1.87. The van der Waals surface area contributed by atoms with Crippen molar-refractivity contribution in [3.8, 4) is 9.88 Å². The lowest BCUT2D eigenvalue weighted by Gasteiger charge is -1.89. The number of aromatic nitrogens is 3. The molecule has 3 nitrogen and oxygen atoms in total. The van der Waals surface area contributed by atoms with Gasteiger partial charge in [-0.25, -0.2) is 4.98 Å². The maximum absolute atomic E-state index is 5.63. The minimum atomic E-state index is 0.675. The van der Waals surface area contributed by atoms with Crippen LogP contribution in [0.3, 0.4) is 0 Å². The lowest BCUT2D eigenvalue weighted by atomic mass is 10.4. The number of aryl methyl sites for hydroxylation is 2. The number of rotatable bonds is 4. The third kappa shape index (κ3) is 2.53. The van der Waals surface area contributed by atoms with Crippen LogP contribution in [0.1, 0.15) is 17.1 Å². The van der Waals surface area contributed by atoms with Crippen LogP contribution in [0, 0.1) is 6.92 Å². The number of nitrogens with zero attached hydrogens (tertiary/aromatic N) is 3. The van der Waals surface area contributed by atoms with Gasteiger partial charge in [0.2, 0.25) is 0 Å². The number of halogens is 1. The van der Waals surface area contributed by atoms with Crippen molar-refractivity contribution < 1.29 is 0 Å². The van der Waals surface area contributed by atoms with Crippen molar-refractivity contribution in [2.45, 2.75) is 19.8 Å². The fraction of sp³-hybridized carbons (Fsp3) is 0.444. The number of hydrogen-bond acceptors (Lipinski definition) is 5. The number of hydrogen-bond donors (Lipinski definition) is 0. The van der Waals surface area contributed by atoms with Crippen LogP contribution in [0.15, 0.2) is 5.51 Å². The van der Waals surface area contributed by atoms with Crippen LogP contribution in [0.2, 0.25) is 0 Å². The van der Waals surface area contributed by atoms with Gasteiger partial charge in [-0.15, -0.1) is 33.1 Å². The number of alkyl halides is 1. The summed E-state index contributed by atoms with van der Waals surface area (Å²) in [7, 11) is 0. The molecule has 0 aromatic carbocycles. The van der Waals surface area contributed by atoms with Gasteiger partial charge in [-0.05, 0) is 13.3 Å². The predicted molar refractivity (Wildman–Crippen MR) is 64.8 cm³/mol. The van der Waals surface area contributed by atoms with Crippen LogP contribution in [-0.4, -0.2) is 21.1 Å². The molecule has 2 heterocycles. The summed E-state index contributed by atoms with van der Waals surface area (Å²) >= 11 is 8.88. The van der Waals surface area contributed by atoms with Crippen LogP contribution in [0.4, 0.5) is 0 Å². The Labute approximate surface area is 101 Å². The van der Waals surface area contributed by atoms with E-state index >= 15 is 0 Å². The van der Waals surface area contributed by atoms with Crippen molar-refractivity contribution in [1.29, 1.82) is 0 Å². The molecule has 0 aliphatic rings. The van der Waals surface area contributed by atoms with E-state index in [2.05, 4.69) is 15.2 Å². The molecule has 0 aliphatic heterocycles. The van der Waals surface area contributed by atoms with E-state index in [1.165, 1.54) is 0 Å². The SMILES string of the molecule is Cc1ncsc1-c1nnc(CCCCl)s1. The highest BCUT2D eigenvalue weighted by Gasteiger charge is 2.10. The molecule has 0 unspecified atom stereocenters. The third-order valence-electron chi connectivity index (χ3n) is 1.93. The van der Waals surface area contributed by atoms with E-state index in [0.717, 1.165) is 33.4 Å². The van der Waals surface area contributed by atoms with Gasteiger partial charge < -0.3 is 0 Å². The van der Waals surface area contributed by atoms with E-state index in [4.69, 9.17) is 11.6 Å². The minimum Gasteiger partial charge on any atom is -0.249 e. The van der Waals surface area contributed by atoms with Gasteiger partial charge in [-0.2, -0.15) is 0 Å². The highest BCUT2D eigenvalue weighted by atomic mass is 35.5. The van der Waals surface area contributed by atoms with E-state index in [-0.39, 0.29) is 0 Å². The summed E-state index contributed by atoms with van der Waals surface area (Å²) in [5.74, 6) is 0.675. The molecule has 15 heavy (non-hydrogen) atoms. The molecular formula is C9H10ClN3S2. The van der Waals surface area contributed by atoms with Gasteiger partial charge >= 0.3 is 0 Å². The maximum atomic E-state index is 5.63. The molecule has 0 spiro atoms. The smallest absolute Gasteiger partial charge is 0.159 e. The van der Waals surface area contributed by atoms with Crippen LogP contribution in [-0.2, 0) is 6.42 Å². The van der Waals surface area contributed by atoms with Crippen molar-refractivity contribution in [1.82, 2.24) is 15.2 Å². The topological polar surface area (TPSA) is 38.7 Å². The molecule has 0 fully saturated rings. The summed E-state index contributed by atoms with van der Waals surface area (Å²) < 4.78 is 0. The standard InChI is InChI=1S/C9H10ClN3S2/c1-6-8(14-5-11-6)9-13-12-7(15-9)3-2-4-10/h5H,2-4H2,1H3. The average Bonchev–Trinajstić information content (AvgIpc) is 2.83. The Hall–Kier alpha value is -0.520. The third-order valence-corrected chi connectivity index (χ3v) is 4.26.